The summed E-state index contributed by atoms with van der Waals surface area (Å²) in [6.45, 7) is 6.32. The first-order valence-electron chi connectivity index (χ1n) is 6.64. The summed E-state index contributed by atoms with van der Waals surface area (Å²) < 4.78 is 0. The molecule has 0 aromatic carbocycles. The fourth-order valence-corrected chi connectivity index (χ4v) is 3.52. The predicted octanol–water partition coefficient (Wildman–Crippen LogP) is 3.56. The Labute approximate surface area is 128 Å². The molecule has 0 saturated heterocycles. The summed E-state index contributed by atoms with van der Waals surface area (Å²) in [7, 11) is 0. The molecule has 2 aromatic heterocycles. The van der Waals surface area contributed by atoms with Gasteiger partial charge in [0.15, 0.2) is 0 Å². The molecule has 106 valence electrons. The van der Waals surface area contributed by atoms with Gasteiger partial charge in [-0.15, -0.1) is 22.7 Å². The van der Waals surface area contributed by atoms with Crippen LogP contribution in [0.4, 0.5) is 0 Å². The van der Waals surface area contributed by atoms with Gasteiger partial charge in [-0.3, -0.25) is 4.90 Å². The van der Waals surface area contributed by atoms with Gasteiger partial charge in [-0.2, -0.15) is 0 Å². The van der Waals surface area contributed by atoms with Crippen molar-refractivity contribution in [2.45, 2.75) is 33.0 Å². The quantitative estimate of drug-likeness (QED) is 0.854. The molecule has 0 bridgehead atoms. The Morgan fingerprint density at radius 1 is 1.20 bits per heavy atom. The van der Waals surface area contributed by atoms with Crippen LogP contribution in [0.15, 0.2) is 29.6 Å². The van der Waals surface area contributed by atoms with Gasteiger partial charge in [0.1, 0.15) is 6.61 Å². The summed E-state index contributed by atoms with van der Waals surface area (Å²) in [6.07, 6.45) is 0. The van der Waals surface area contributed by atoms with Crippen molar-refractivity contribution < 1.29 is 5.11 Å². The van der Waals surface area contributed by atoms with Gasteiger partial charge in [0, 0.05) is 28.9 Å². The molecule has 0 atom stereocenters. The van der Waals surface area contributed by atoms with Crippen LogP contribution in [0.3, 0.4) is 0 Å². The molecule has 0 spiro atoms. The van der Waals surface area contributed by atoms with Crippen molar-refractivity contribution in [3.63, 3.8) is 0 Å². The topological polar surface area (TPSA) is 23.5 Å². The largest absolute Gasteiger partial charge is 0.384 e. The summed E-state index contributed by atoms with van der Waals surface area (Å²) >= 11 is 3.52. The van der Waals surface area contributed by atoms with Gasteiger partial charge in [0.25, 0.3) is 0 Å². The molecule has 2 rings (SSSR count). The van der Waals surface area contributed by atoms with E-state index in [1.165, 1.54) is 9.75 Å². The third kappa shape index (κ3) is 4.46. The van der Waals surface area contributed by atoms with E-state index in [1.807, 2.05) is 17.4 Å². The first-order valence-corrected chi connectivity index (χ1v) is 8.33. The Balaban J connectivity index is 2.02. The monoisotopic (exact) mass is 305 g/mol. The maximum Gasteiger partial charge on any atom is 0.104 e. The number of nitrogens with zero attached hydrogens (tertiary/aromatic N) is 1. The fraction of sp³-hybridized carbons (Fsp3) is 0.375. The molecule has 1 N–H and O–H groups in total. The van der Waals surface area contributed by atoms with Crippen LogP contribution in [0.5, 0.6) is 0 Å². The summed E-state index contributed by atoms with van der Waals surface area (Å²) in [5.41, 5.74) is 0. The third-order valence-corrected chi connectivity index (χ3v) is 4.83. The highest BCUT2D eigenvalue weighted by Crippen LogP contribution is 2.21. The van der Waals surface area contributed by atoms with Crippen LogP contribution in [0.2, 0.25) is 0 Å². The molecule has 2 aromatic rings. The summed E-state index contributed by atoms with van der Waals surface area (Å²) in [6, 6.07) is 8.97. The van der Waals surface area contributed by atoms with E-state index in [-0.39, 0.29) is 6.61 Å². The second kappa shape index (κ2) is 7.61. The third-order valence-electron chi connectivity index (χ3n) is 2.98. The number of aliphatic hydroxyl groups excluding tert-OH is 1. The molecule has 0 radical (unpaired) electrons. The van der Waals surface area contributed by atoms with Crippen LogP contribution in [0.25, 0.3) is 0 Å². The van der Waals surface area contributed by atoms with Gasteiger partial charge in [-0.1, -0.05) is 17.9 Å². The highest BCUT2D eigenvalue weighted by molar-refractivity contribution is 7.12. The highest BCUT2D eigenvalue weighted by Gasteiger charge is 2.12. The standard InChI is InChI=1S/C16H19NOS2/c1-13(2)17(11-15-6-4-10-19-15)12-16-8-7-14(20-16)5-3-9-18/h4,6-8,10,13,18H,9,11-12H2,1-2H3. The normalized spacial score (nSPS) is 10.8. The highest BCUT2D eigenvalue weighted by atomic mass is 32.1. The number of thiophene rings is 2. The second-order valence-corrected chi connectivity index (χ2v) is 7.00. The maximum absolute atomic E-state index is 8.72. The Hall–Kier alpha value is -1.12. The lowest BCUT2D eigenvalue weighted by molar-refractivity contribution is 0.207. The second-order valence-electron chi connectivity index (χ2n) is 4.80. The van der Waals surface area contributed by atoms with E-state index in [9.17, 15) is 0 Å². The lowest BCUT2D eigenvalue weighted by Crippen LogP contribution is -2.29. The molecular formula is C16H19NOS2. The SMILES string of the molecule is CC(C)N(Cc1cccs1)Cc1ccc(C#CCO)s1. The van der Waals surface area contributed by atoms with Gasteiger partial charge < -0.3 is 5.11 Å². The van der Waals surface area contributed by atoms with Crippen molar-refractivity contribution in [2.24, 2.45) is 0 Å². The van der Waals surface area contributed by atoms with E-state index < -0.39 is 0 Å². The van der Waals surface area contributed by atoms with Gasteiger partial charge in [0.2, 0.25) is 0 Å². The Morgan fingerprint density at radius 2 is 2.00 bits per heavy atom. The van der Waals surface area contributed by atoms with E-state index in [0.717, 1.165) is 18.0 Å². The Bertz CT molecular complexity index is 575. The zero-order valence-corrected chi connectivity index (χ0v) is 13.4. The van der Waals surface area contributed by atoms with Gasteiger partial charge >= 0.3 is 0 Å². The molecule has 0 amide bonds. The average molecular weight is 305 g/mol. The van der Waals surface area contributed by atoms with Crippen LogP contribution < -0.4 is 0 Å². The first kappa shape index (κ1) is 15.3. The average Bonchev–Trinajstić information content (AvgIpc) is 3.07. The zero-order chi connectivity index (χ0) is 14.4. The van der Waals surface area contributed by atoms with E-state index in [1.54, 1.807) is 11.3 Å². The van der Waals surface area contributed by atoms with Crippen LogP contribution in [-0.2, 0) is 13.1 Å². The smallest absolute Gasteiger partial charge is 0.104 e. The van der Waals surface area contributed by atoms with E-state index in [4.69, 9.17) is 5.11 Å². The van der Waals surface area contributed by atoms with Crippen molar-refractivity contribution in [1.82, 2.24) is 4.90 Å². The van der Waals surface area contributed by atoms with Crippen molar-refractivity contribution >= 4 is 22.7 Å². The van der Waals surface area contributed by atoms with Gasteiger partial charge in [-0.25, -0.2) is 0 Å². The molecule has 0 saturated carbocycles. The lowest BCUT2D eigenvalue weighted by Gasteiger charge is -2.25. The van der Waals surface area contributed by atoms with Crippen LogP contribution in [0, 0.1) is 11.8 Å². The minimum atomic E-state index is -0.0796. The van der Waals surface area contributed by atoms with E-state index in [2.05, 4.69) is 54.2 Å². The predicted molar refractivity (Wildman–Crippen MR) is 87.0 cm³/mol. The number of rotatable bonds is 5. The number of aliphatic hydroxyl groups is 1. The molecule has 2 nitrogen and oxygen atoms in total. The molecule has 2 heterocycles. The van der Waals surface area contributed by atoms with Crippen molar-refractivity contribution in [1.29, 1.82) is 0 Å². The van der Waals surface area contributed by atoms with E-state index >= 15 is 0 Å². The molecule has 0 aliphatic carbocycles. The summed E-state index contributed by atoms with van der Waals surface area (Å²) in [5, 5.41) is 10.8. The minimum absolute atomic E-state index is 0.0796. The van der Waals surface area contributed by atoms with Crippen molar-refractivity contribution in [2.75, 3.05) is 6.61 Å². The Morgan fingerprint density at radius 3 is 2.65 bits per heavy atom. The van der Waals surface area contributed by atoms with Crippen LogP contribution >= 0.6 is 22.7 Å². The summed E-state index contributed by atoms with van der Waals surface area (Å²) in [4.78, 5) is 6.20. The molecule has 0 unspecified atom stereocenters. The minimum Gasteiger partial charge on any atom is -0.384 e. The molecule has 0 aliphatic rings. The number of hydrogen-bond acceptors (Lipinski definition) is 4. The zero-order valence-electron chi connectivity index (χ0n) is 11.8. The number of hydrogen-bond donors (Lipinski definition) is 1. The van der Waals surface area contributed by atoms with Crippen molar-refractivity contribution in [3.8, 4) is 11.8 Å². The van der Waals surface area contributed by atoms with Gasteiger partial charge in [0.05, 0.1) is 4.88 Å². The molecule has 20 heavy (non-hydrogen) atoms. The fourth-order valence-electron chi connectivity index (χ4n) is 1.88. The van der Waals surface area contributed by atoms with E-state index in [0.29, 0.717) is 6.04 Å². The lowest BCUT2D eigenvalue weighted by atomic mass is 10.3. The molecular weight excluding hydrogens is 286 g/mol. The first-order chi connectivity index (χ1) is 9.69. The van der Waals surface area contributed by atoms with Crippen LogP contribution in [0.1, 0.15) is 28.5 Å². The molecule has 0 fully saturated rings. The Kier molecular flexibility index (Phi) is 5.81. The van der Waals surface area contributed by atoms with Crippen LogP contribution in [-0.4, -0.2) is 22.7 Å². The molecule has 0 aliphatic heterocycles. The maximum atomic E-state index is 8.72. The van der Waals surface area contributed by atoms with Crippen molar-refractivity contribution in [3.05, 3.63) is 44.3 Å². The summed E-state index contributed by atoms with van der Waals surface area (Å²) in [5.74, 6) is 5.66. The van der Waals surface area contributed by atoms with Gasteiger partial charge in [-0.05, 0) is 37.4 Å². The molecule has 4 heteroatoms.